The maximum absolute atomic E-state index is 13.5. The molecule has 0 spiro atoms. The van der Waals surface area contributed by atoms with Gasteiger partial charge in [-0.1, -0.05) is 18.2 Å². The van der Waals surface area contributed by atoms with Crippen molar-refractivity contribution in [3.05, 3.63) is 77.9 Å². The smallest absolute Gasteiger partial charge is 0.214 e. The van der Waals surface area contributed by atoms with Gasteiger partial charge in [-0.2, -0.15) is 0 Å². The average molecular weight is 464 g/mol. The van der Waals surface area contributed by atoms with E-state index in [1.54, 1.807) is 23.4 Å². The van der Waals surface area contributed by atoms with E-state index in [1.807, 2.05) is 30.3 Å². The van der Waals surface area contributed by atoms with Crippen molar-refractivity contribution in [3.63, 3.8) is 0 Å². The number of piperidine rings is 1. The number of amides is 1. The van der Waals surface area contributed by atoms with Gasteiger partial charge >= 0.3 is 0 Å². The van der Waals surface area contributed by atoms with E-state index < -0.39 is 0 Å². The van der Waals surface area contributed by atoms with Crippen molar-refractivity contribution in [2.24, 2.45) is 5.92 Å². The summed E-state index contributed by atoms with van der Waals surface area (Å²) in [4.78, 5) is 24.8. The molecule has 1 aliphatic heterocycles. The Morgan fingerprint density at radius 2 is 1.97 bits per heavy atom. The third-order valence-corrected chi connectivity index (χ3v) is 6.16. The summed E-state index contributed by atoms with van der Waals surface area (Å²) in [7, 11) is 0. The minimum absolute atomic E-state index is 0.218. The SMILES string of the molecule is O=CN(Cc1cccnc1)c1ccc(N2CCC(CO)CC2)nc1NCCc1cccc(F)c1. The quantitative estimate of drug-likeness (QED) is 0.447. The van der Waals surface area contributed by atoms with Gasteiger partial charge in [0.25, 0.3) is 0 Å². The van der Waals surface area contributed by atoms with Crippen molar-refractivity contribution in [2.45, 2.75) is 25.8 Å². The first-order valence-corrected chi connectivity index (χ1v) is 11.6. The predicted octanol–water partition coefficient (Wildman–Crippen LogP) is 3.64. The third kappa shape index (κ3) is 6.08. The first-order valence-electron chi connectivity index (χ1n) is 11.6. The van der Waals surface area contributed by atoms with Crippen molar-refractivity contribution in [1.29, 1.82) is 0 Å². The predicted molar refractivity (Wildman–Crippen MR) is 131 cm³/mol. The van der Waals surface area contributed by atoms with E-state index in [-0.39, 0.29) is 12.4 Å². The summed E-state index contributed by atoms with van der Waals surface area (Å²) in [6.45, 7) is 2.79. The molecule has 178 valence electrons. The Hall–Kier alpha value is -3.52. The molecule has 3 heterocycles. The van der Waals surface area contributed by atoms with Crippen LogP contribution in [0.2, 0.25) is 0 Å². The van der Waals surface area contributed by atoms with Gasteiger partial charge in [0.05, 0.1) is 12.2 Å². The molecule has 2 N–H and O–H groups in total. The Balaban J connectivity index is 1.55. The fourth-order valence-corrected chi connectivity index (χ4v) is 4.21. The molecular formula is C26H30FN5O2. The lowest BCUT2D eigenvalue weighted by Crippen LogP contribution is -2.35. The second-order valence-electron chi connectivity index (χ2n) is 8.55. The van der Waals surface area contributed by atoms with Crippen LogP contribution in [0.25, 0.3) is 0 Å². The molecule has 0 unspecified atom stereocenters. The van der Waals surface area contributed by atoms with E-state index in [0.29, 0.717) is 36.9 Å². The summed E-state index contributed by atoms with van der Waals surface area (Å²) in [6.07, 6.45) is 6.70. The van der Waals surface area contributed by atoms with Crippen LogP contribution in [0.15, 0.2) is 60.9 Å². The largest absolute Gasteiger partial charge is 0.396 e. The summed E-state index contributed by atoms with van der Waals surface area (Å²) >= 11 is 0. The van der Waals surface area contributed by atoms with Gasteiger partial charge in [0.1, 0.15) is 11.6 Å². The number of nitrogens with one attached hydrogen (secondary N) is 1. The van der Waals surface area contributed by atoms with Gasteiger partial charge in [-0.3, -0.25) is 9.78 Å². The summed E-state index contributed by atoms with van der Waals surface area (Å²) in [5.74, 6) is 1.52. The Morgan fingerprint density at radius 1 is 1.15 bits per heavy atom. The summed E-state index contributed by atoms with van der Waals surface area (Å²) < 4.78 is 13.5. The number of carbonyl (C=O) groups excluding carboxylic acids is 1. The number of aromatic nitrogens is 2. The van der Waals surface area contributed by atoms with Crippen LogP contribution in [-0.2, 0) is 17.8 Å². The molecule has 34 heavy (non-hydrogen) atoms. The first kappa shape index (κ1) is 23.6. The van der Waals surface area contributed by atoms with Crippen molar-refractivity contribution in [1.82, 2.24) is 9.97 Å². The molecule has 0 atom stereocenters. The average Bonchev–Trinajstić information content (AvgIpc) is 2.88. The molecule has 8 heteroatoms. The normalized spacial score (nSPS) is 14.1. The lowest BCUT2D eigenvalue weighted by molar-refractivity contribution is -0.107. The number of pyridine rings is 2. The minimum Gasteiger partial charge on any atom is -0.396 e. The van der Waals surface area contributed by atoms with Gasteiger partial charge in [0.2, 0.25) is 6.41 Å². The topological polar surface area (TPSA) is 81.6 Å². The van der Waals surface area contributed by atoms with Gasteiger partial charge in [-0.25, -0.2) is 9.37 Å². The van der Waals surface area contributed by atoms with Crippen LogP contribution >= 0.6 is 0 Å². The van der Waals surface area contributed by atoms with Crippen LogP contribution in [-0.4, -0.2) is 47.7 Å². The number of anilines is 3. The second-order valence-corrected chi connectivity index (χ2v) is 8.55. The lowest BCUT2D eigenvalue weighted by Gasteiger charge is -2.32. The third-order valence-electron chi connectivity index (χ3n) is 6.16. The number of benzene rings is 1. The maximum Gasteiger partial charge on any atom is 0.214 e. The monoisotopic (exact) mass is 463 g/mol. The summed E-state index contributed by atoms with van der Waals surface area (Å²) in [5.41, 5.74) is 2.47. The number of aliphatic hydroxyl groups is 1. The van der Waals surface area contributed by atoms with Crippen LogP contribution in [0, 0.1) is 11.7 Å². The van der Waals surface area contributed by atoms with Crippen molar-refractivity contribution in [3.8, 4) is 0 Å². The number of rotatable bonds is 10. The lowest BCUT2D eigenvalue weighted by atomic mass is 9.98. The Bertz CT molecular complexity index is 1070. The molecule has 1 aromatic carbocycles. The van der Waals surface area contributed by atoms with Crippen LogP contribution in [0.3, 0.4) is 0 Å². The summed E-state index contributed by atoms with van der Waals surface area (Å²) in [5, 5.41) is 12.8. The van der Waals surface area contributed by atoms with Gasteiger partial charge in [-0.15, -0.1) is 0 Å². The zero-order chi connectivity index (χ0) is 23.8. The molecule has 1 aliphatic rings. The number of nitrogens with zero attached hydrogens (tertiary/aromatic N) is 4. The molecule has 7 nitrogen and oxygen atoms in total. The van der Waals surface area contributed by atoms with E-state index in [0.717, 1.165) is 49.3 Å². The van der Waals surface area contributed by atoms with Gasteiger partial charge in [0.15, 0.2) is 5.82 Å². The molecule has 0 bridgehead atoms. The first-order chi connectivity index (χ1) is 16.7. The van der Waals surface area contributed by atoms with Gasteiger partial charge in [0, 0.05) is 38.6 Å². The van der Waals surface area contributed by atoms with E-state index in [4.69, 9.17) is 4.98 Å². The standard InChI is InChI=1S/C26H30FN5O2/c27-23-5-1-3-20(15-23)8-12-29-26-24(32(19-34)17-22-4-2-11-28-16-22)6-7-25(30-26)31-13-9-21(18-33)10-14-31/h1-7,11,15-16,19,21,33H,8-10,12-14,17-18H2,(H,29,30). The molecular weight excluding hydrogens is 433 g/mol. The van der Waals surface area contributed by atoms with E-state index >= 15 is 0 Å². The number of halogens is 1. The van der Waals surface area contributed by atoms with Crippen molar-refractivity contribution in [2.75, 3.05) is 41.4 Å². The summed E-state index contributed by atoms with van der Waals surface area (Å²) in [6, 6.07) is 14.2. The fourth-order valence-electron chi connectivity index (χ4n) is 4.21. The number of aliphatic hydroxyl groups excluding tert-OH is 1. The van der Waals surface area contributed by atoms with E-state index in [1.165, 1.54) is 12.1 Å². The number of hydrogen-bond acceptors (Lipinski definition) is 6. The highest BCUT2D eigenvalue weighted by Gasteiger charge is 2.21. The zero-order valence-corrected chi connectivity index (χ0v) is 19.1. The maximum atomic E-state index is 13.5. The van der Waals surface area contributed by atoms with Gasteiger partial charge in [-0.05, 0) is 66.6 Å². The molecule has 0 aliphatic carbocycles. The molecule has 1 amide bonds. The molecule has 0 saturated carbocycles. The molecule has 2 aromatic heterocycles. The van der Waals surface area contributed by atoms with E-state index in [9.17, 15) is 14.3 Å². The van der Waals surface area contributed by atoms with E-state index in [2.05, 4.69) is 15.2 Å². The Morgan fingerprint density at radius 3 is 2.68 bits per heavy atom. The molecule has 3 aromatic rings. The van der Waals surface area contributed by atoms with Crippen molar-refractivity contribution < 1.29 is 14.3 Å². The highest BCUT2D eigenvalue weighted by atomic mass is 19.1. The molecule has 0 radical (unpaired) electrons. The Kier molecular flexibility index (Phi) is 8.04. The highest BCUT2D eigenvalue weighted by Crippen LogP contribution is 2.30. The van der Waals surface area contributed by atoms with Crippen molar-refractivity contribution >= 4 is 23.7 Å². The fraction of sp³-hybridized carbons (Fsp3) is 0.346. The highest BCUT2D eigenvalue weighted by molar-refractivity contribution is 5.82. The minimum atomic E-state index is -0.256. The van der Waals surface area contributed by atoms with Crippen LogP contribution in [0.5, 0.6) is 0 Å². The Labute approximate surface area is 199 Å². The number of carbonyl (C=O) groups is 1. The molecule has 4 rings (SSSR count). The molecule has 1 saturated heterocycles. The number of hydrogen-bond donors (Lipinski definition) is 2. The molecule has 1 fully saturated rings. The van der Waals surface area contributed by atoms with Crippen LogP contribution < -0.4 is 15.1 Å². The van der Waals surface area contributed by atoms with Crippen LogP contribution in [0.4, 0.5) is 21.7 Å². The van der Waals surface area contributed by atoms with Crippen LogP contribution in [0.1, 0.15) is 24.0 Å². The zero-order valence-electron chi connectivity index (χ0n) is 19.1. The second kappa shape index (κ2) is 11.6. The van der Waals surface area contributed by atoms with Gasteiger partial charge < -0.3 is 20.2 Å².